The Morgan fingerprint density at radius 2 is 1.52 bits per heavy atom. The van der Waals surface area contributed by atoms with Crippen molar-refractivity contribution in [3.63, 3.8) is 0 Å². The SMILES string of the molecule is Cc1ccccc1CSc1nc2ccccc2c(=O)n1-c1ccccc1C. The van der Waals surface area contributed by atoms with Crippen molar-refractivity contribution in [1.82, 2.24) is 9.55 Å². The van der Waals surface area contributed by atoms with Crippen LogP contribution >= 0.6 is 11.8 Å². The second-order valence-corrected chi connectivity index (χ2v) is 7.50. The van der Waals surface area contributed by atoms with E-state index in [1.807, 2.05) is 67.6 Å². The van der Waals surface area contributed by atoms with Crippen LogP contribution in [0.1, 0.15) is 16.7 Å². The van der Waals surface area contributed by atoms with Gasteiger partial charge in [-0.15, -0.1) is 0 Å². The Hall–Kier alpha value is -2.85. The molecule has 0 saturated heterocycles. The van der Waals surface area contributed by atoms with E-state index in [1.54, 1.807) is 16.3 Å². The molecular weight excluding hydrogens is 352 g/mol. The molecule has 1 heterocycles. The predicted octanol–water partition coefficient (Wildman–Crippen LogP) is 5.29. The van der Waals surface area contributed by atoms with Crippen LogP contribution in [0.5, 0.6) is 0 Å². The average Bonchev–Trinajstić information content (AvgIpc) is 2.68. The zero-order chi connectivity index (χ0) is 18.8. The number of benzene rings is 3. The van der Waals surface area contributed by atoms with E-state index in [-0.39, 0.29) is 5.56 Å². The van der Waals surface area contributed by atoms with E-state index in [1.165, 1.54) is 11.1 Å². The lowest BCUT2D eigenvalue weighted by Crippen LogP contribution is -2.22. The Bertz CT molecular complexity index is 1180. The van der Waals surface area contributed by atoms with Gasteiger partial charge in [-0.3, -0.25) is 9.36 Å². The normalized spacial score (nSPS) is 11.0. The first kappa shape index (κ1) is 17.6. The maximum absolute atomic E-state index is 13.3. The summed E-state index contributed by atoms with van der Waals surface area (Å²) in [5.74, 6) is 0.767. The lowest BCUT2D eigenvalue weighted by molar-refractivity contribution is 0.814. The molecule has 3 aromatic carbocycles. The second kappa shape index (κ2) is 7.41. The number of nitrogens with zero attached hydrogens (tertiary/aromatic N) is 2. The number of thioether (sulfide) groups is 1. The van der Waals surface area contributed by atoms with Crippen LogP contribution in [-0.2, 0) is 5.75 Å². The van der Waals surface area contributed by atoms with Crippen molar-refractivity contribution in [3.8, 4) is 5.69 Å². The first-order valence-electron chi connectivity index (χ1n) is 8.90. The molecule has 0 amide bonds. The van der Waals surface area contributed by atoms with Gasteiger partial charge in [0, 0.05) is 5.75 Å². The number of fused-ring (bicyclic) bond motifs is 1. The third-order valence-electron chi connectivity index (χ3n) is 4.72. The molecule has 0 atom stereocenters. The highest BCUT2D eigenvalue weighted by Crippen LogP contribution is 2.26. The fourth-order valence-electron chi connectivity index (χ4n) is 3.15. The Labute approximate surface area is 162 Å². The van der Waals surface area contributed by atoms with Gasteiger partial charge < -0.3 is 0 Å². The molecule has 0 saturated carbocycles. The Kier molecular flexibility index (Phi) is 4.82. The fourth-order valence-corrected chi connectivity index (χ4v) is 4.23. The topological polar surface area (TPSA) is 34.9 Å². The number of hydrogen-bond acceptors (Lipinski definition) is 3. The summed E-state index contributed by atoms with van der Waals surface area (Å²) in [6.07, 6.45) is 0. The maximum Gasteiger partial charge on any atom is 0.266 e. The van der Waals surface area contributed by atoms with Gasteiger partial charge in [-0.25, -0.2) is 4.98 Å². The second-order valence-electron chi connectivity index (χ2n) is 6.55. The number of aromatic nitrogens is 2. The van der Waals surface area contributed by atoms with Crippen LogP contribution in [0.25, 0.3) is 16.6 Å². The Morgan fingerprint density at radius 3 is 2.30 bits per heavy atom. The molecule has 0 aliphatic carbocycles. The highest BCUT2D eigenvalue weighted by Gasteiger charge is 2.15. The van der Waals surface area contributed by atoms with Gasteiger partial charge >= 0.3 is 0 Å². The van der Waals surface area contributed by atoms with E-state index in [0.29, 0.717) is 5.39 Å². The predicted molar refractivity (Wildman–Crippen MR) is 113 cm³/mol. The molecule has 134 valence electrons. The van der Waals surface area contributed by atoms with Crippen LogP contribution in [0.2, 0.25) is 0 Å². The monoisotopic (exact) mass is 372 g/mol. The van der Waals surface area contributed by atoms with E-state index >= 15 is 0 Å². The molecule has 3 nitrogen and oxygen atoms in total. The summed E-state index contributed by atoms with van der Waals surface area (Å²) in [6.45, 7) is 4.13. The lowest BCUT2D eigenvalue weighted by Gasteiger charge is -2.15. The molecule has 0 aliphatic rings. The first-order chi connectivity index (χ1) is 13.1. The molecule has 0 radical (unpaired) electrons. The Morgan fingerprint density at radius 1 is 0.852 bits per heavy atom. The van der Waals surface area contributed by atoms with Gasteiger partial charge in [0.05, 0.1) is 16.6 Å². The molecule has 0 fully saturated rings. The molecule has 0 bridgehead atoms. The molecule has 4 rings (SSSR count). The van der Waals surface area contributed by atoms with Gasteiger partial charge in [-0.05, 0) is 48.7 Å². The highest BCUT2D eigenvalue weighted by molar-refractivity contribution is 7.98. The van der Waals surface area contributed by atoms with Crippen LogP contribution in [0.4, 0.5) is 0 Å². The van der Waals surface area contributed by atoms with Crippen molar-refractivity contribution in [2.24, 2.45) is 0 Å². The fraction of sp³-hybridized carbons (Fsp3) is 0.130. The van der Waals surface area contributed by atoms with Gasteiger partial charge in [0.2, 0.25) is 0 Å². The minimum atomic E-state index is -0.0258. The van der Waals surface area contributed by atoms with Crippen LogP contribution in [0.15, 0.2) is 82.7 Å². The number of rotatable bonds is 4. The van der Waals surface area contributed by atoms with Crippen LogP contribution in [-0.4, -0.2) is 9.55 Å². The van der Waals surface area contributed by atoms with Crippen molar-refractivity contribution in [2.75, 3.05) is 0 Å². The van der Waals surface area contributed by atoms with Crippen LogP contribution < -0.4 is 5.56 Å². The summed E-state index contributed by atoms with van der Waals surface area (Å²) in [4.78, 5) is 18.1. The molecule has 27 heavy (non-hydrogen) atoms. The summed E-state index contributed by atoms with van der Waals surface area (Å²) in [5, 5.41) is 1.36. The summed E-state index contributed by atoms with van der Waals surface area (Å²) in [5.41, 5.74) is 5.14. The van der Waals surface area contributed by atoms with Crippen molar-refractivity contribution < 1.29 is 0 Å². The van der Waals surface area contributed by atoms with Gasteiger partial charge in [0.25, 0.3) is 5.56 Å². The van der Waals surface area contributed by atoms with Gasteiger partial charge in [0.1, 0.15) is 0 Å². The van der Waals surface area contributed by atoms with E-state index in [9.17, 15) is 4.79 Å². The zero-order valence-electron chi connectivity index (χ0n) is 15.3. The van der Waals surface area contributed by atoms with Crippen molar-refractivity contribution in [3.05, 3.63) is 99.8 Å². The largest absolute Gasteiger partial charge is 0.268 e. The molecule has 0 spiro atoms. The zero-order valence-corrected chi connectivity index (χ0v) is 16.2. The van der Waals surface area contributed by atoms with E-state index < -0.39 is 0 Å². The number of hydrogen-bond donors (Lipinski definition) is 0. The molecule has 1 aromatic heterocycles. The van der Waals surface area contributed by atoms with Gasteiger partial charge in [-0.1, -0.05) is 66.4 Å². The van der Waals surface area contributed by atoms with Crippen LogP contribution in [0.3, 0.4) is 0 Å². The van der Waals surface area contributed by atoms with Crippen LogP contribution in [0, 0.1) is 13.8 Å². The smallest absolute Gasteiger partial charge is 0.266 e. The Balaban J connectivity index is 1.88. The van der Waals surface area contributed by atoms with Gasteiger partial charge in [-0.2, -0.15) is 0 Å². The summed E-state index contributed by atoms with van der Waals surface area (Å²) >= 11 is 1.60. The molecule has 4 heteroatoms. The minimum Gasteiger partial charge on any atom is -0.268 e. The summed E-state index contributed by atoms with van der Waals surface area (Å²) in [7, 11) is 0. The molecule has 0 N–H and O–H groups in total. The van der Waals surface area contributed by atoms with Crippen molar-refractivity contribution in [2.45, 2.75) is 24.8 Å². The van der Waals surface area contributed by atoms with E-state index in [2.05, 4.69) is 19.1 Å². The first-order valence-corrected chi connectivity index (χ1v) is 9.89. The molecule has 0 aliphatic heterocycles. The maximum atomic E-state index is 13.3. The minimum absolute atomic E-state index is 0.0258. The van der Waals surface area contributed by atoms with E-state index in [0.717, 1.165) is 27.7 Å². The standard InChI is InChI=1S/C23H20N2OS/c1-16-9-3-5-11-18(16)15-27-23-24-20-13-7-6-12-19(20)22(26)25(23)21-14-8-4-10-17(21)2/h3-14H,15H2,1-2H3. The lowest BCUT2D eigenvalue weighted by atomic mass is 10.1. The van der Waals surface area contributed by atoms with Crippen molar-refractivity contribution in [1.29, 1.82) is 0 Å². The van der Waals surface area contributed by atoms with E-state index in [4.69, 9.17) is 4.98 Å². The molecular formula is C23H20N2OS. The summed E-state index contributed by atoms with van der Waals surface area (Å²) in [6, 6.07) is 23.8. The van der Waals surface area contributed by atoms with Crippen molar-refractivity contribution >= 4 is 22.7 Å². The quantitative estimate of drug-likeness (QED) is 0.360. The van der Waals surface area contributed by atoms with Gasteiger partial charge in [0.15, 0.2) is 5.16 Å². The number of aryl methyl sites for hydroxylation is 2. The summed E-state index contributed by atoms with van der Waals surface area (Å²) < 4.78 is 1.75. The third-order valence-corrected chi connectivity index (χ3v) is 5.71. The average molecular weight is 372 g/mol. The molecule has 0 unspecified atom stereocenters. The highest BCUT2D eigenvalue weighted by atomic mass is 32.2. The molecule has 4 aromatic rings. The third kappa shape index (κ3) is 3.40. The number of para-hydroxylation sites is 2.